The van der Waals surface area contributed by atoms with E-state index in [1.165, 1.54) is 30.3 Å². The summed E-state index contributed by atoms with van der Waals surface area (Å²) in [5, 5.41) is 20.2. The lowest BCUT2D eigenvalue weighted by atomic mass is 10.2. The number of aldehydes is 1. The van der Waals surface area contributed by atoms with Crippen LogP contribution in [0.15, 0.2) is 42.5 Å². The van der Waals surface area contributed by atoms with Crippen LogP contribution in [0.2, 0.25) is 0 Å². The lowest BCUT2D eigenvalue weighted by Gasteiger charge is -2.07. The largest absolute Gasteiger partial charge is 0.508 e. The predicted octanol–water partition coefficient (Wildman–Crippen LogP) is 2.69. The number of phenols is 1. The second-order valence-corrected chi connectivity index (χ2v) is 4.06. The van der Waals surface area contributed by atoms with Crippen molar-refractivity contribution in [2.75, 3.05) is 0 Å². The first-order valence-electron chi connectivity index (χ1n) is 5.74. The summed E-state index contributed by atoms with van der Waals surface area (Å²) in [4.78, 5) is 21.0. The zero-order valence-electron chi connectivity index (χ0n) is 10.4. The van der Waals surface area contributed by atoms with Gasteiger partial charge in [-0.15, -0.1) is 0 Å². The van der Waals surface area contributed by atoms with Gasteiger partial charge in [-0.05, 0) is 29.8 Å². The molecule has 0 amide bonds. The molecule has 0 unspecified atom stereocenters. The molecule has 0 radical (unpaired) electrons. The first kappa shape index (κ1) is 13.5. The number of ether oxygens (including phenoxy) is 1. The Morgan fingerprint density at radius 3 is 2.70 bits per heavy atom. The van der Waals surface area contributed by atoms with Crippen molar-refractivity contribution in [2.24, 2.45) is 0 Å². The topological polar surface area (TPSA) is 89.7 Å². The second kappa shape index (κ2) is 5.83. The number of benzene rings is 2. The van der Waals surface area contributed by atoms with E-state index in [4.69, 9.17) is 4.74 Å². The molecule has 0 aromatic heterocycles. The second-order valence-electron chi connectivity index (χ2n) is 4.06. The van der Waals surface area contributed by atoms with E-state index in [1.807, 2.05) is 0 Å². The van der Waals surface area contributed by atoms with Gasteiger partial charge < -0.3 is 9.84 Å². The Bertz CT molecular complexity index is 654. The van der Waals surface area contributed by atoms with Gasteiger partial charge >= 0.3 is 5.69 Å². The highest BCUT2D eigenvalue weighted by Gasteiger charge is 2.15. The molecule has 2 aromatic rings. The van der Waals surface area contributed by atoms with E-state index in [0.29, 0.717) is 17.4 Å². The summed E-state index contributed by atoms with van der Waals surface area (Å²) in [6.07, 6.45) is 0.588. The van der Waals surface area contributed by atoms with E-state index in [9.17, 15) is 20.0 Å². The molecular weight excluding hydrogens is 262 g/mol. The minimum absolute atomic E-state index is 0.0166. The molecule has 0 spiro atoms. The van der Waals surface area contributed by atoms with Crippen LogP contribution >= 0.6 is 0 Å². The highest BCUT2D eigenvalue weighted by atomic mass is 16.6. The van der Waals surface area contributed by atoms with E-state index >= 15 is 0 Å². The highest BCUT2D eigenvalue weighted by Crippen LogP contribution is 2.28. The van der Waals surface area contributed by atoms with Gasteiger partial charge in [0.25, 0.3) is 0 Å². The van der Waals surface area contributed by atoms with E-state index in [1.54, 1.807) is 12.1 Å². The molecule has 0 bridgehead atoms. The van der Waals surface area contributed by atoms with Crippen LogP contribution in [0.4, 0.5) is 5.69 Å². The molecule has 0 aliphatic heterocycles. The van der Waals surface area contributed by atoms with Gasteiger partial charge in [0, 0.05) is 11.6 Å². The summed E-state index contributed by atoms with van der Waals surface area (Å²) in [6.45, 7) is 0.0531. The molecule has 0 heterocycles. The number of rotatable bonds is 5. The molecule has 102 valence electrons. The van der Waals surface area contributed by atoms with Gasteiger partial charge in [-0.1, -0.05) is 12.1 Å². The van der Waals surface area contributed by atoms with Crippen molar-refractivity contribution in [1.29, 1.82) is 0 Å². The van der Waals surface area contributed by atoms with Crippen molar-refractivity contribution in [1.82, 2.24) is 0 Å². The van der Waals surface area contributed by atoms with Crippen LogP contribution in [-0.4, -0.2) is 16.3 Å². The number of hydrogen-bond donors (Lipinski definition) is 1. The molecule has 0 aliphatic rings. The molecule has 2 rings (SSSR count). The molecule has 20 heavy (non-hydrogen) atoms. The number of carbonyl (C=O) groups excluding carboxylic acids is 1. The fraction of sp³-hybridized carbons (Fsp3) is 0.0714. The maximum atomic E-state index is 10.9. The lowest BCUT2D eigenvalue weighted by molar-refractivity contribution is -0.385. The molecule has 1 N–H and O–H groups in total. The minimum atomic E-state index is -0.577. The Labute approximate surface area is 114 Å². The van der Waals surface area contributed by atoms with Crippen molar-refractivity contribution >= 4 is 12.0 Å². The van der Waals surface area contributed by atoms with Crippen molar-refractivity contribution in [3.63, 3.8) is 0 Å². The average molecular weight is 273 g/mol. The van der Waals surface area contributed by atoms with E-state index < -0.39 is 4.92 Å². The maximum Gasteiger partial charge on any atom is 0.310 e. The maximum absolute atomic E-state index is 10.9. The summed E-state index contributed by atoms with van der Waals surface area (Å²) < 4.78 is 5.37. The van der Waals surface area contributed by atoms with Gasteiger partial charge in [0.05, 0.1) is 4.92 Å². The monoisotopic (exact) mass is 273 g/mol. The summed E-state index contributed by atoms with van der Waals surface area (Å²) in [6, 6.07) is 10.3. The van der Waals surface area contributed by atoms with Crippen LogP contribution < -0.4 is 4.74 Å². The van der Waals surface area contributed by atoms with Crippen LogP contribution in [0.3, 0.4) is 0 Å². The highest BCUT2D eigenvalue weighted by molar-refractivity contribution is 5.76. The third-order valence-corrected chi connectivity index (χ3v) is 2.62. The van der Waals surface area contributed by atoms with Gasteiger partial charge in [-0.25, -0.2) is 0 Å². The fourth-order valence-corrected chi connectivity index (χ4v) is 1.68. The Hall–Kier alpha value is -2.89. The predicted molar refractivity (Wildman–Crippen MR) is 70.9 cm³/mol. The summed E-state index contributed by atoms with van der Waals surface area (Å²) in [5.41, 5.74) is 0.744. The number of phenolic OH excluding ortho intramolecular Hbond substituents is 1. The van der Waals surface area contributed by atoms with Crippen LogP contribution in [0.25, 0.3) is 0 Å². The van der Waals surface area contributed by atoms with Crippen molar-refractivity contribution in [3.8, 4) is 11.5 Å². The van der Waals surface area contributed by atoms with Gasteiger partial charge in [-0.3, -0.25) is 14.9 Å². The molecule has 2 aromatic carbocycles. The third kappa shape index (κ3) is 3.11. The Morgan fingerprint density at radius 1 is 1.25 bits per heavy atom. The van der Waals surface area contributed by atoms with Crippen LogP contribution in [0.5, 0.6) is 11.5 Å². The Morgan fingerprint density at radius 2 is 2.05 bits per heavy atom. The number of carbonyl (C=O) groups is 1. The van der Waals surface area contributed by atoms with E-state index in [0.717, 1.165) is 0 Å². The van der Waals surface area contributed by atoms with Crippen LogP contribution in [-0.2, 0) is 6.61 Å². The van der Waals surface area contributed by atoms with Gasteiger partial charge in [0.15, 0.2) is 5.75 Å². The summed E-state index contributed by atoms with van der Waals surface area (Å²) in [5.74, 6) is 0.102. The smallest absolute Gasteiger partial charge is 0.310 e. The summed E-state index contributed by atoms with van der Waals surface area (Å²) >= 11 is 0. The van der Waals surface area contributed by atoms with Crippen LogP contribution in [0, 0.1) is 10.1 Å². The zero-order chi connectivity index (χ0) is 14.5. The quantitative estimate of drug-likeness (QED) is 0.514. The number of nitro groups is 1. The van der Waals surface area contributed by atoms with Gasteiger partial charge in [0.1, 0.15) is 18.6 Å². The number of nitrogens with zero attached hydrogens (tertiary/aromatic N) is 1. The van der Waals surface area contributed by atoms with Crippen LogP contribution in [0.1, 0.15) is 15.9 Å². The molecule has 0 fully saturated rings. The van der Waals surface area contributed by atoms with E-state index in [-0.39, 0.29) is 23.8 Å². The number of nitro benzene ring substituents is 1. The van der Waals surface area contributed by atoms with Crippen molar-refractivity contribution in [3.05, 3.63) is 63.7 Å². The van der Waals surface area contributed by atoms with Gasteiger partial charge in [-0.2, -0.15) is 0 Å². The standard InChI is InChI=1S/C14H11NO5/c16-8-10-4-5-13(15(18)19)14(7-10)20-9-11-2-1-3-12(17)6-11/h1-8,17H,9H2. The van der Waals surface area contributed by atoms with E-state index in [2.05, 4.69) is 0 Å². The molecule has 0 atom stereocenters. The average Bonchev–Trinajstić information content (AvgIpc) is 2.44. The number of hydrogen-bond acceptors (Lipinski definition) is 5. The fourth-order valence-electron chi connectivity index (χ4n) is 1.68. The van der Waals surface area contributed by atoms with Gasteiger partial charge in [0.2, 0.25) is 0 Å². The van der Waals surface area contributed by atoms with Crippen molar-refractivity contribution < 1.29 is 19.6 Å². The SMILES string of the molecule is O=Cc1ccc([N+](=O)[O-])c(OCc2cccc(O)c2)c1. The third-order valence-electron chi connectivity index (χ3n) is 2.62. The Kier molecular flexibility index (Phi) is 3.95. The molecular formula is C14H11NO5. The zero-order valence-corrected chi connectivity index (χ0v) is 10.4. The molecule has 0 saturated heterocycles. The number of aromatic hydroxyl groups is 1. The first-order valence-corrected chi connectivity index (χ1v) is 5.74. The van der Waals surface area contributed by atoms with Crippen molar-refractivity contribution in [2.45, 2.75) is 6.61 Å². The minimum Gasteiger partial charge on any atom is -0.508 e. The lowest BCUT2D eigenvalue weighted by Crippen LogP contribution is -2.00. The molecule has 6 heteroatoms. The molecule has 6 nitrogen and oxygen atoms in total. The first-order chi connectivity index (χ1) is 9.60. The summed E-state index contributed by atoms with van der Waals surface area (Å²) in [7, 11) is 0. The normalized spacial score (nSPS) is 10.0. The molecule has 0 saturated carbocycles. The Balaban J connectivity index is 2.23. The molecule has 0 aliphatic carbocycles.